The maximum Gasteiger partial charge on any atom is 0.202 e. The molecular formula is C13H19O3P. The van der Waals surface area contributed by atoms with Crippen LogP contribution in [0.3, 0.4) is 0 Å². The highest BCUT2D eigenvalue weighted by molar-refractivity contribution is 7.55. The van der Waals surface area contributed by atoms with Gasteiger partial charge in [-0.05, 0) is 39.0 Å². The first-order chi connectivity index (χ1) is 8.08. The maximum atomic E-state index is 9.78. The van der Waals surface area contributed by atoms with E-state index >= 15 is 0 Å². The smallest absolute Gasteiger partial charge is 0.202 e. The lowest BCUT2D eigenvalue weighted by Gasteiger charge is -2.15. The predicted molar refractivity (Wildman–Crippen MR) is 72.7 cm³/mol. The topological polar surface area (TPSA) is 38.7 Å². The molecule has 1 rings (SSSR count). The van der Waals surface area contributed by atoms with Crippen molar-refractivity contribution in [2.45, 2.75) is 26.9 Å². The van der Waals surface area contributed by atoms with E-state index in [1.807, 2.05) is 39.0 Å². The van der Waals surface area contributed by atoms with Gasteiger partial charge in [0, 0.05) is 10.9 Å². The number of hydrogen-bond donors (Lipinski definition) is 1. The Morgan fingerprint density at radius 1 is 1.47 bits per heavy atom. The second-order valence-electron chi connectivity index (χ2n) is 3.78. The number of benzene rings is 1. The van der Waals surface area contributed by atoms with Crippen LogP contribution in [0.5, 0.6) is 5.75 Å². The minimum absolute atomic E-state index is 0.113. The van der Waals surface area contributed by atoms with Gasteiger partial charge in [0.15, 0.2) is 0 Å². The summed E-state index contributed by atoms with van der Waals surface area (Å²) in [5, 5.41) is 0.771. The molecule has 0 heterocycles. The molecule has 0 saturated carbocycles. The standard InChI is InChI=1S/C13H19O3P/c1-5-11-9-12(17(14)15-6-2)7-8-13(11)16-10(3)4/h5,7-10,14H,1,6H2,2-4H3. The maximum absolute atomic E-state index is 9.78. The van der Waals surface area contributed by atoms with Crippen LogP contribution in [-0.2, 0) is 4.52 Å². The van der Waals surface area contributed by atoms with Gasteiger partial charge in [-0.15, -0.1) is 0 Å². The van der Waals surface area contributed by atoms with Gasteiger partial charge in [-0.1, -0.05) is 12.7 Å². The molecule has 94 valence electrons. The van der Waals surface area contributed by atoms with Crippen molar-refractivity contribution < 1.29 is 14.2 Å². The molecule has 4 heteroatoms. The zero-order valence-corrected chi connectivity index (χ0v) is 11.4. The molecule has 0 aliphatic carbocycles. The fourth-order valence-corrected chi connectivity index (χ4v) is 2.22. The summed E-state index contributed by atoms with van der Waals surface area (Å²) < 4.78 is 10.8. The van der Waals surface area contributed by atoms with E-state index in [1.165, 1.54) is 0 Å². The van der Waals surface area contributed by atoms with Crippen molar-refractivity contribution in [1.82, 2.24) is 0 Å². The summed E-state index contributed by atoms with van der Waals surface area (Å²) in [4.78, 5) is 9.78. The zero-order valence-electron chi connectivity index (χ0n) is 10.5. The van der Waals surface area contributed by atoms with E-state index in [9.17, 15) is 4.89 Å². The van der Waals surface area contributed by atoms with Crippen LogP contribution in [0, 0.1) is 0 Å². The summed E-state index contributed by atoms with van der Waals surface area (Å²) >= 11 is 0. The van der Waals surface area contributed by atoms with Gasteiger partial charge in [0.25, 0.3) is 0 Å². The van der Waals surface area contributed by atoms with Gasteiger partial charge in [-0.3, -0.25) is 0 Å². The second kappa shape index (κ2) is 6.75. The Morgan fingerprint density at radius 2 is 2.18 bits per heavy atom. The molecule has 0 spiro atoms. The van der Waals surface area contributed by atoms with Gasteiger partial charge < -0.3 is 14.2 Å². The second-order valence-corrected chi connectivity index (χ2v) is 5.10. The van der Waals surface area contributed by atoms with Crippen molar-refractivity contribution in [3.05, 3.63) is 30.3 Å². The van der Waals surface area contributed by atoms with Crippen LogP contribution in [0.1, 0.15) is 26.3 Å². The molecular weight excluding hydrogens is 235 g/mol. The first kappa shape index (κ1) is 14.2. The molecule has 0 aliphatic heterocycles. The lowest BCUT2D eigenvalue weighted by molar-refractivity contribution is 0.242. The SMILES string of the molecule is C=Cc1cc(P(O)OCC)ccc1OC(C)C. The Hall–Kier alpha value is -0.890. The molecule has 17 heavy (non-hydrogen) atoms. The summed E-state index contributed by atoms with van der Waals surface area (Å²) in [6, 6.07) is 5.52. The monoisotopic (exact) mass is 254 g/mol. The highest BCUT2D eigenvalue weighted by Crippen LogP contribution is 2.32. The van der Waals surface area contributed by atoms with Gasteiger partial charge in [0.1, 0.15) is 5.75 Å². The fourth-order valence-electron chi connectivity index (χ4n) is 1.37. The minimum atomic E-state index is -1.53. The Morgan fingerprint density at radius 3 is 2.71 bits per heavy atom. The molecule has 0 fully saturated rings. The summed E-state index contributed by atoms with van der Waals surface area (Å²) in [6.07, 6.45) is 1.83. The molecule has 1 atom stereocenters. The summed E-state index contributed by atoms with van der Waals surface area (Å²) in [5.74, 6) is 0.777. The molecule has 1 aromatic rings. The van der Waals surface area contributed by atoms with E-state index in [0.29, 0.717) is 6.61 Å². The molecule has 3 nitrogen and oxygen atoms in total. The van der Waals surface area contributed by atoms with Crippen LogP contribution in [0.2, 0.25) is 0 Å². The highest BCUT2D eigenvalue weighted by atomic mass is 31.2. The summed E-state index contributed by atoms with van der Waals surface area (Å²) in [7, 11) is -1.53. The summed E-state index contributed by atoms with van der Waals surface area (Å²) in [5.41, 5.74) is 0.873. The van der Waals surface area contributed by atoms with Gasteiger partial charge in [-0.25, -0.2) is 0 Å². The van der Waals surface area contributed by atoms with E-state index in [-0.39, 0.29) is 6.10 Å². The molecule has 0 amide bonds. The largest absolute Gasteiger partial charge is 0.490 e. The van der Waals surface area contributed by atoms with Gasteiger partial charge in [-0.2, -0.15) is 0 Å². The normalized spacial score (nSPS) is 12.5. The fraction of sp³-hybridized carbons (Fsp3) is 0.385. The Balaban J connectivity index is 2.95. The number of hydrogen-bond acceptors (Lipinski definition) is 3. The van der Waals surface area contributed by atoms with Crippen molar-refractivity contribution in [2.24, 2.45) is 0 Å². The molecule has 1 unspecified atom stereocenters. The predicted octanol–water partition coefficient (Wildman–Crippen LogP) is 3.08. The Kier molecular flexibility index (Phi) is 5.63. The number of ether oxygens (including phenoxy) is 1. The third-order valence-electron chi connectivity index (χ3n) is 2.05. The van der Waals surface area contributed by atoms with Crippen molar-refractivity contribution in [2.75, 3.05) is 6.61 Å². The third kappa shape index (κ3) is 4.12. The zero-order chi connectivity index (χ0) is 12.8. The third-order valence-corrected chi connectivity index (χ3v) is 3.27. The molecule has 1 N–H and O–H groups in total. The van der Waals surface area contributed by atoms with E-state index < -0.39 is 8.38 Å². The van der Waals surface area contributed by atoms with Crippen molar-refractivity contribution in [3.8, 4) is 5.75 Å². The molecule has 0 saturated heterocycles. The first-order valence-electron chi connectivity index (χ1n) is 5.63. The minimum Gasteiger partial charge on any atom is -0.490 e. The van der Waals surface area contributed by atoms with Crippen LogP contribution in [0.25, 0.3) is 6.08 Å². The number of rotatable bonds is 6. The lowest BCUT2D eigenvalue weighted by atomic mass is 10.2. The van der Waals surface area contributed by atoms with E-state index in [2.05, 4.69) is 6.58 Å². The quantitative estimate of drug-likeness (QED) is 0.793. The van der Waals surface area contributed by atoms with Crippen molar-refractivity contribution in [3.63, 3.8) is 0 Å². The van der Waals surface area contributed by atoms with Crippen molar-refractivity contribution in [1.29, 1.82) is 0 Å². The van der Waals surface area contributed by atoms with E-state index in [1.54, 1.807) is 6.08 Å². The van der Waals surface area contributed by atoms with Crippen molar-refractivity contribution >= 4 is 19.8 Å². The van der Waals surface area contributed by atoms with E-state index in [4.69, 9.17) is 9.26 Å². The average molecular weight is 254 g/mol. The van der Waals surface area contributed by atoms with Crippen LogP contribution < -0.4 is 10.0 Å². The van der Waals surface area contributed by atoms with Gasteiger partial charge >= 0.3 is 0 Å². The Labute approximate surface area is 104 Å². The highest BCUT2D eigenvalue weighted by Gasteiger charge is 2.11. The Bertz CT molecular complexity index is 377. The lowest BCUT2D eigenvalue weighted by Crippen LogP contribution is -2.09. The van der Waals surface area contributed by atoms with Gasteiger partial charge in [0.05, 0.1) is 12.7 Å². The van der Waals surface area contributed by atoms with Crippen LogP contribution >= 0.6 is 8.38 Å². The van der Waals surface area contributed by atoms with Crippen LogP contribution in [0.4, 0.5) is 0 Å². The molecule has 0 aromatic heterocycles. The first-order valence-corrected chi connectivity index (χ1v) is 6.84. The van der Waals surface area contributed by atoms with Crippen LogP contribution in [0.15, 0.2) is 24.8 Å². The van der Waals surface area contributed by atoms with Crippen LogP contribution in [-0.4, -0.2) is 17.6 Å². The average Bonchev–Trinajstić information content (AvgIpc) is 2.29. The molecule has 0 aliphatic rings. The molecule has 1 aromatic carbocycles. The molecule has 0 radical (unpaired) electrons. The van der Waals surface area contributed by atoms with Gasteiger partial charge in [0.2, 0.25) is 8.38 Å². The van der Waals surface area contributed by atoms with E-state index in [0.717, 1.165) is 16.6 Å². The summed E-state index contributed by atoms with van der Waals surface area (Å²) in [6.45, 7) is 10.0. The molecule has 0 bridgehead atoms.